The minimum atomic E-state index is -1.24. The van der Waals surface area contributed by atoms with Crippen molar-refractivity contribution in [2.45, 2.75) is 18.9 Å². The summed E-state index contributed by atoms with van der Waals surface area (Å²) in [5.41, 5.74) is 4.67. The SMILES string of the molecule is [2H]C(OC(=O)N(C=Cc1ccccc1)[C@@H](C)C(=O)O)C1c2ccccc2-c2ccccc21. The molecule has 0 saturated heterocycles. The number of carboxylic acid groups (broad SMARTS) is 1. The van der Waals surface area contributed by atoms with E-state index in [0.29, 0.717) is 0 Å². The lowest BCUT2D eigenvalue weighted by molar-refractivity contribution is -0.141. The Balaban J connectivity index is 1.59. The highest BCUT2D eigenvalue weighted by atomic mass is 16.6. The molecule has 156 valence electrons. The molecule has 0 bridgehead atoms. The Hall–Kier alpha value is -3.86. The molecule has 0 fully saturated rings. The van der Waals surface area contributed by atoms with E-state index in [1.165, 1.54) is 13.1 Å². The van der Waals surface area contributed by atoms with E-state index in [1.54, 1.807) is 6.08 Å². The quantitative estimate of drug-likeness (QED) is 0.588. The molecule has 3 aromatic carbocycles. The molecule has 3 aromatic rings. The Morgan fingerprint density at radius 2 is 1.55 bits per heavy atom. The molecule has 5 nitrogen and oxygen atoms in total. The molecule has 0 heterocycles. The topological polar surface area (TPSA) is 66.8 Å². The molecule has 1 amide bonds. The number of carbonyl (C=O) groups is 2. The van der Waals surface area contributed by atoms with Crippen LogP contribution in [0.1, 0.15) is 30.9 Å². The van der Waals surface area contributed by atoms with Gasteiger partial charge in [-0.25, -0.2) is 9.59 Å². The van der Waals surface area contributed by atoms with Crippen LogP contribution in [-0.2, 0) is 9.53 Å². The first-order valence-electron chi connectivity index (χ1n) is 10.6. The fraction of sp³-hybridized carbons (Fsp3) is 0.154. The standard InChI is InChI=1S/C26H23NO4/c1-18(25(28)29)27(16-15-19-9-3-2-4-10-19)26(30)31-17-24-22-13-7-5-11-20(22)21-12-6-8-14-23(21)24/h2-16,18,24H,17H2,1H3,(H,28,29)/t18-/m0/s1/i17D/t17?,18-. The summed E-state index contributed by atoms with van der Waals surface area (Å²) < 4.78 is 14.2. The lowest BCUT2D eigenvalue weighted by Gasteiger charge is -2.23. The minimum absolute atomic E-state index is 0.452. The number of rotatable bonds is 6. The van der Waals surface area contributed by atoms with Crippen LogP contribution in [0.4, 0.5) is 4.79 Å². The number of carboxylic acids is 1. The first-order valence-corrected chi connectivity index (χ1v) is 10.0. The lowest BCUT2D eigenvalue weighted by Crippen LogP contribution is -2.40. The Kier molecular flexibility index (Phi) is 5.48. The minimum Gasteiger partial charge on any atom is -0.480 e. The lowest BCUT2D eigenvalue weighted by atomic mass is 9.98. The second-order valence-corrected chi connectivity index (χ2v) is 7.32. The number of hydrogen-bond acceptors (Lipinski definition) is 3. The van der Waals surface area contributed by atoms with Crippen molar-refractivity contribution in [2.75, 3.05) is 6.58 Å². The number of carbonyl (C=O) groups excluding carboxylic acids is 1. The zero-order chi connectivity index (χ0) is 22.7. The van der Waals surface area contributed by atoms with Crippen molar-refractivity contribution in [1.82, 2.24) is 4.90 Å². The van der Waals surface area contributed by atoms with Gasteiger partial charge in [-0.2, -0.15) is 0 Å². The van der Waals surface area contributed by atoms with Gasteiger partial charge in [-0.15, -0.1) is 0 Å². The third kappa shape index (κ3) is 4.21. The molecule has 1 aliphatic rings. The molecule has 4 rings (SSSR count). The van der Waals surface area contributed by atoms with Crippen LogP contribution in [0, 0.1) is 0 Å². The predicted molar refractivity (Wildman–Crippen MR) is 119 cm³/mol. The molecule has 5 heteroatoms. The van der Waals surface area contributed by atoms with E-state index >= 15 is 0 Å². The molecule has 0 saturated carbocycles. The van der Waals surface area contributed by atoms with Gasteiger partial charge in [-0.3, -0.25) is 4.90 Å². The first kappa shape index (κ1) is 19.1. The van der Waals surface area contributed by atoms with Gasteiger partial charge in [0.25, 0.3) is 0 Å². The molecule has 0 spiro atoms. The summed E-state index contributed by atoms with van der Waals surface area (Å²) in [6.45, 7) is 0.166. The highest BCUT2D eigenvalue weighted by Crippen LogP contribution is 2.44. The van der Waals surface area contributed by atoms with Gasteiger partial charge < -0.3 is 9.84 Å². The van der Waals surface area contributed by atoms with Crippen molar-refractivity contribution in [2.24, 2.45) is 0 Å². The van der Waals surface area contributed by atoms with E-state index in [2.05, 4.69) is 0 Å². The number of ether oxygens (including phenoxy) is 1. The average molecular weight is 414 g/mol. The maximum Gasteiger partial charge on any atom is 0.414 e. The van der Waals surface area contributed by atoms with Gasteiger partial charge in [0.05, 0.1) is 1.37 Å². The molecule has 1 aliphatic carbocycles. The molecular weight excluding hydrogens is 390 g/mol. The first-order chi connectivity index (χ1) is 15.5. The Morgan fingerprint density at radius 1 is 1.00 bits per heavy atom. The molecule has 0 radical (unpaired) electrons. The van der Waals surface area contributed by atoms with Crippen LogP contribution in [0.3, 0.4) is 0 Å². The average Bonchev–Trinajstić information content (AvgIpc) is 3.14. The van der Waals surface area contributed by atoms with Gasteiger partial charge in [0.1, 0.15) is 12.6 Å². The second-order valence-electron chi connectivity index (χ2n) is 7.32. The van der Waals surface area contributed by atoms with Gasteiger partial charge in [0.15, 0.2) is 0 Å². The van der Waals surface area contributed by atoms with Crippen LogP contribution >= 0.6 is 0 Å². The monoisotopic (exact) mass is 414 g/mol. The van der Waals surface area contributed by atoms with Crippen LogP contribution in [-0.4, -0.2) is 34.7 Å². The van der Waals surface area contributed by atoms with Gasteiger partial charge in [-0.1, -0.05) is 78.9 Å². The summed E-state index contributed by atoms with van der Waals surface area (Å²) in [7, 11) is 0. The number of fused-ring (bicyclic) bond motifs is 3. The zero-order valence-electron chi connectivity index (χ0n) is 18.0. The molecule has 1 unspecified atom stereocenters. The smallest absolute Gasteiger partial charge is 0.414 e. The van der Waals surface area contributed by atoms with Gasteiger partial charge in [0.2, 0.25) is 0 Å². The van der Waals surface area contributed by atoms with Crippen molar-refractivity contribution >= 4 is 18.1 Å². The highest BCUT2D eigenvalue weighted by molar-refractivity contribution is 5.82. The maximum atomic E-state index is 13.0. The maximum absolute atomic E-state index is 13.0. The molecular formula is C26H23NO4. The Labute approximate surface area is 182 Å². The molecule has 0 aliphatic heterocycles. The second kappa shape index (κ2) is 8.88. The number of nitrogens with zero attached hydrogens (tertiary/aromatic N) is 1. The van der Waals surface area contributed by atoms with Crippen molar-refractivity contribution in [3.8, 4) is 11.1 Å². The molecule has 1 N–H and O–H groups in total. The van der Waals surface area contributed by atoms with E-state index in [4.69, 9.17) is 6.11 Å². The van der Waals surface area contributed by atoms with Gasteiger partial charge >= 0.3 is 12.1 Å². The van der Waals surface area contributed by atoms with E-state index in [1.807, 2.05) is 78.9 Å². The summed E-state index contributed by atoms with van der Waals surface area (Å²) in [5.74, 6) is -1.62. The summed E-state index contributed by atoms with van der Waals surface area (Å²) in [6, 6.07) is 23.6. The van der Waals surface area contributed by atoms with E-state index in [9.17, 15) is 14.7 Å². The van der Waals surface area contributed by atoms with Crippen LogP contribution in [0.5, 0.6) is 0 Å². The molecule has 31 heavy (non-hydrogen) atoms. The molecule has 2 atom stereocenters. The third-order valence-corrected chi connectivity index (χ3v) is 5.40. The molecule has 0 aromatic heterocycles. The van der Waals surface area contributed by atoms with E-state index < -0.39 is 30.6 Å². The summed E-state index contributed by atoms with van der Waals surface area (Å²) in [5, 5.41) is 9.47. The summed E-state index contributed by atoms with van der Waals surface area (Å²) in [6.07, 6.45) is 2.15. The van der Waals surface area contributed by atoms with E-state index in [-0.39, 0.29) is 0 Å². The third-order valence-electron chi connectivity index (χ3n) is 5.40. The van der Waals surface area contributed by atoms with Crippen LogP contribution in [0.25, 0.3) is 17.2 Å². The predicted octanol–water partition coefficient (Wildman–Crippen LogP) is 5.38. The van der Waals surface area contributed by atoms with E-state index in [0.717, 1.165) is 32.7 Å². The summed E-state index contributed by atoms with van der Waals surface area (Å²) >= 11 is 0. The van der Waals surface area contributed by atoms with Crippen molar-refractivity contribution in [1.29, 1.82) is 0 Å². The van der Waals surface area contributed by atoms with Crippen molar-refractivity contribution in [3.63, 3.8) is 0 Å². The van der Waals surface area contributed by atoms with Crippen LogP contribution in [0.2, 0.25) is 0 Å². The zero-order valence-corrected chi connectivity index (χ0v) is 17.0. The fourth-order valence-electron chi connectivity index (χ4n) is 3.73. The van der Waals surface area contributed by atoms with Crippen LogP contribution < -0.4 is 0 Å². The van der Waals surface area contributed by atoms with Crippen LogP contribution in [0.15, 0.2) is 85.1 Å². The van der Waals surface area contributed by atoms with Crippen molar-refractivity contribution < 1.29 is 20.8 Å². The number of hydrogen-bond donors (Lipinski definition) is 1. The van der Waals surface area contributed by atoms with Gasteiger partial charge in [0, 0.05) is 12.1 Å². The highest BCUT2D eigenvalue weighted by Gasteiger charge is 2.31. The summed E-state index contributed by atoms with van der Waals surface area (Å²) in [4.78, 5) is 25.6. The number of aliphatic carboxylic acids is 1. The normalized spacial score (nSPS) is 14.9. The Bertz CT molecular complexity index is 1120. The van der Waals surface area contributed by atoms with Crippen molar-refractivity contribution in [3.05, 3.63) is 102 Å². The Morgan fingerprint density at radius 3 is 2.13 bits per heavy atom. The number of amides is 1. The largest absolute Gasteiger partial charge is 0.480 e. The number of benzene rings is 3. The fourth-order valence-corrected chi connectivity index (χ4v) is 3.73. The van der Waals surface area contributed by atoms with Gasteiger partial charge in [-0.05, 0) is 40.8 Å².